The highest BCUT2D eigenvalue weighted by molar-refractivity contribution is 7.80. The number of hydrogen-bond donors (Lipinski definition) is 3. The quantitative estimate of drug-likeness (QED) is 0.438. The summed E-state index contributed by atoms with van der Waals surface area (Å²) >= 11 is 10.9. The van der Waals surface area contributed by atoms with Gasteiger partial charge in [-0.15, -0.1) is 0 Å². The molecule has 0 aliphatic rings. The zero-order valence-corrected chi connectivity index (χ0v) is 14.7. The molecule has 25 heavy (non-hydrogen) atoms. The molecule has 0 aliphatic carbocycles. The predicted octanol–water partition coefficient (Wildman–Crippen LogP) is 2.62. The Bertz CT molecular complexity index is 794. The van der Waals surface area contributed by atoms with E-state index in [2.05, 4.69) is 16.2 Å². The Morgan fingerprint density at radius 1 is 1.00 bits per heavy atom. The van der Waals surface area contributed by atoms with Crippen molar-refractivity contribution in [1.29, 1.82) is 0 Å². The molecule has 0 spiro atoms. The molecule has 0 bridgehead atoms. The minimum absolute atomic E-state index is 0.00443. The second-order valence-corrected chi connectivity index (χ2v) is 5.82. The van der Waals surface area contributed by atoms with Gasteiger partial charge in [0.1, 0.15) is 0 Å². The lowest BCUT2D eigenvalue weighted by atomic mass is 10.1. The Kier molecular flexibility index (Phi) is 7.13. The second-order valence-electron chi connectivity index (χ2n) is 5.01. The molecule has 0 atom stereocenters. The summed E-state index contributed by atoms with van der Waals surface area (Å²) in [5.41, 5.74) is 6.50. The normalized spacial score (nSPS) is 10.3. The summed E-state index contributed by atoms with van der Waals surface area (Å²) in [6.07, 6.45) is 3.09. The Balaban J connectivity index is 1.75. The smallest absolute Gasteiger partial charge is 0.250 e. The first-order valence-electron chi connectivity index (χ1n) is 7.41. The lowest BCUT2D eigenvalue weighted by Crippen LogP contribution is -2.48. The fraction of sp³-hybridized carbons (Fsp3) is 0.0556. The predicted molar refractivity (Wildman–Crippen MR) is 103 cm³/mol. The van der Waals surface area contributed by atoms with E-state index in [1.165, 1.54) is 6.08 Å². The zero-order chi connectivity index (χ0) is 18.1. The molecule has 0 saturated carbocycles. The minimum Gasteiger partial charge on any atom is -0.298 e. The van der Waals surface area contributed by atoms with Gasteiger partial charge in [-0.05, 0) is 35.5 Å². The molecule has 0 aromatic heterocycles. The maximum atomic E-state index is 11.8. The third-order valence-corrected chi connectivity index (χ3v) is 3.63. The highest BCUT2D eigenvalue weighted by Gasteiger charge is 2.05. The largest absolute Gasteiger partial charge is 0.298 e. The van der Waals surface area contributed by atoms with E-state index in [0.29, 0.717) is 10.6 Å². The number of thiocarbonyl (C=S) groups is 1. The topological polar surface area (TPSA) is 70.2 Å². The number of benzene rings is 2. The van der Waals surface area contributed by atoms with Crippen LogP contribution in [0.1, 0.15) is 11.1 Å². The molecule has 3 N–H and O–H groups in total. The van der Waals surface area contributed by atoms with Crippen LogP contribution in [-0.4, -0.2) is 16.9 Å². The van der Waals surface area contributed by atoms with E-state index in [4.69, 9.17) is 23.8 Å². The van der Waals surface area contributed by atoms with Crippen molar-refractivity contribution in [3.8, 4) is 0 Å². The van der Waals surface area contributed by atoms with Gasteiger partial charge in [0.25, 0.3) is 0 Å². The Hall–Kier alpha value is -2.70. The third-order valence-electron chi connectivity index (χ3n) is 3.08. The summed E-state index contributed by atoms with van der Waals surface area (Å²) in [4.78, 5) is 23.6. The van der Waals surface area contributed by atoms with Crippen molar-refractivity contribution in [3.63, 3.8) is 0 Å². The van der Waals surface area contributed by atoms with Crippen LogP contribution in [0, 0.1) is 0 Å². The SMILES string of the molecule is O=C(C=Cc1ccccc1Cl)NC(=S)NNC(=O)Cc1ccccc1. The van der Waals surface area contributed by atoms with Crippen LogP contribution in [0.15, 0.2) is 60.7 Å². The molecule has 0 unspecified atom stereocenters. The molecule has 2 aromatic carbocycles. The number of amides is 2. The lowest BCUT2D eigenvalue weighted by Gasteiger charge is -2.09. The highest BCUT2D eigenvalue weighted by atomic mass is 35.5. The van der Waals surface area contributed by atoms with Crippen LogP contribution in [0.4, 0.5) is 0 Å². The van der Waals surface area contributed by atoms with E-state index in [1.54, 1.807) is 24.3 Å². The van der Waals surface area contributed by atoms with Crippen molar-refractivity contribution < 1.29 is 9.59 Å². The summed E-state index contributed by atoms with van der Waals surface area (Å²) < 4.78 is 0. The Morgan fingerprint density at radius 3 is 2.40 bits per heavy atom. The number of hydrazine groups is 1. The van der Waals surface area contributed by atoms with Gasteiger partial charge >= 0.3 is 0 Å². The van der Waals surface area contributed by atoms with Crippen LogP contribution < -0.4 is 16.2 Å². The summed E-state index contributed by atoms with van der Waals surface area (Å²) in [5, 5.41) is 2.96. The van der Waals surface area contributed by atoms with Crippen molar-refractivity contribution in [3.05, 3.63) is 76.8 Å². The molecule has 2 amide bonds. The third kappa shape index (κ3) is 6.74. The van der Waals surface area contributed by atoms with E-state index in [-0.39, 0.29) is 17.4 Å². The molecule has 0 heterocycles. The van der Waals surface area contributed by atoms with Crippen LogP contribution in [0.25, 0.3) is 6.08 Å². The summed E-state index contributed by atoms with van der Waals surface area (Å²) in [7, 11) is 0. The van der Waals surface area contributed by atoms with Crippen molar-refractivity contribution in [2.45, 2.75) is 6.42 Å². The zero-order valence-electron chi connectivity index (χ0n) is 13.2. The van der Waals surface area contributed by atoms with Gasteiger partial charge < -0.3 is 0 Å². The van der Waals surface area contributed by atoms with E-state index in [9.17, 15) is 9.59 Å². The standard InChI is InChI=1S/C18H16ClN3O2S/c19-15-9-5-4-8-14(15)10-11-16(23)20-18(25)22-21-17(24)12-13-6-2-1-3-7-13/h1-11H,12H2,(H,21,24)(H2,20,22,23,25). The number of carbonyl (C=O) groups excluding carboxylic acids is 2. The molecule has 7 heteroatoms. The minimum atomic E-state index is -0.435. The van der Waals surface area contributed by atoms with Crippen LogP contribution >= 0.6 is 23.8 Å². The lowest BCUT2D eigenvalue weighted by molar-refractivity contribution is -0.121. The van der Waals surface area contributed by atoms with Crippen molar-refractivity contribution in [2.75, 3.05) is 0 Å². The molecule has 2 rings (SSSR count). The van der Waals surface area contributed by atoms with Crippen LogP contribution in [0.5, 0.6) is 0 Å². The number of carbonyl (C=O) groups is 2. The number of halogens is 1. The molecule has 0 aliphatic heterocycles. The first-order chi connectivity index (χ1) is 12.0. The van der Waals surface area contributed by atoms with Gasteiger partial charge in [-0.2, -0.15) is 0 Å². The van der Waals surface area contributed by atoms with E-state index >= 15 is 0 Å². The van der Waals surface area contributed by atoms with Gasteiger partial charge in [0.2, 0.25) is 11.8 Å². The molecular formula is C18H16ClN3O2S. The summed E-state index contributed by atoms with van der Waals surface area (Å²) in [6.45, 7) is 0. The van der Waals surface area contributed by atoms with E-state index in [1.807, 2.05) is 36.4 Å². The molecule has 0 fully saturated rings. The maximum Gasteiger partial charge on any atom is 0.250 e. The molecule has 128 valence electrons. The van der Waals surface area contributed by atoms with Crippen LogP contribution in [0.2, 0.25) is 5.02 Å². The number of rotatable bonds is 4. The molecule has 0 saturated heterocycles. The number of nitrogens with one attached hydrogen (secondary N) is 3. The maximum absolute atomic E-state index is 11.8. The van der Waals surface area contributed by atoms with Gasteiger partial charge in [-0.3, -0.25) is 25.8 Å². The van der Waals surface area contributed by atoms with Gasteiger partial charge in [0.15, 0.2) is 5.11 Å². The fourth-order valence-electron chi connectivity index (χ4n) is 1.91. The van der Waals surface area contributed by atoms with Gasteiger partial charge in [0.05, 0.1) is 6.42 Å². The first-order valence-corrected chi connectivity index (χ1v) is 8.19. The van der Waals surface area contributed by atoms with Crippen molar-refractivity contribution >= 4 is 46.8 Å². The second kappa shape index (κ2) is 9.56. The summed E-state index contributed by atoms with van der Waals surface area (Å²) in [5.74, 6) is -0.705. The van der Waals surface area contributed by atoms with Crippen LogP contribution in [0.3, 0.4) is 0 Å². The fourth-order valence-corrected chi connectivity index (χ4v) is 2.26. The van der Waals surface area contributed by atoms with Gasteiger partial charge in [0, 0.05) is 11.1 Å². The van der Waals surface area contributed by atoms with Gasteiger partial charge in [-0.25, -0.2) is 0 Å². The Labute approximate surface area is 156 Å². The molecule has 0 radical (unpaired) electrons. The highest BCUT2D eigenvalue weighted by Crippen LogP contribution is 2.15. The van der Waals surface area contributed by atoms with E-state index in [0.717, 1.165) is 5.56 Å². The number of hydrogen-bond acceptors (Lipinski definition) is 3. The van der Waals surface area contributed by atoms with Gasteiger partial charge in [-0.1, -0.05) is 60.1 Å². The van der Waals surface area contributed by atoms with Crippen molar-refractivity contribution in [2.24, 2.45) is 0 Å². The van der Waals surface area contributed by atoms with Crippen LogP contribution in [-0.2, 0) is 16.0 Å². The summed E-state index contributed by atoms with van der Waals surface area (Å²) in [6, 6.07) is 16.4. The monoisotopic (exact) mass is 373 g/mol. The molecular weight excluding hydrogens is 358 g/mol. The van der Waals surface area contributed by atoms with E-state index < -0.39 is 5.91 Å². The molecule has 5 nitrogen and oxygen atoms in total. The average molecular weight is 374 g/mol. The first kappa shape index (κ1) is 18.6. The average Bonchev–Trinajstić information content (AvgIpc) is 2.60. The molecule has 2 aromatic rings. The van der Waals surface area contributed by atoms with Crippen molar-refractivity contribution in [1.82, 2.24) is 16.2 Å². The Morgan fingerprint density at radius 2 is 1.68 bits per heavy atom.